The van der Waals surface area contributed by atoms with Gasteiger partial charge in [0.25, 0.3) is 0 Å². The van der Waals surface area contributed by atoms with Gasteiger partial charge in [-0.25, -0.2) is 0 Å². The first kappa shape index (κ1) is 26.6. The van der Waals surface area contributed by atoms with Gasteiger partial charge in [0.2, 0.25) is 0 Å². The highest BCUT2D eigenvalue weighted by Crippen LogP contribution is 2.30. The summed E-state index contributed by atoms with van der Waals surface area (Å²) >= 11 is 0. The van der Waals surface area contributed by atoms with Gasteiger partial charge in [0.1, 0.15) is 0 Å². The average Bonchev–Trinajstić information content (AvgIpc) is 2.85. The van der Waals surface area contributed by atoms with Crippen LogP contribution < -0.4 is 10.6 Å². The Bertz CT molecular complexity index is 707. The summed E-state index contributed by atoms with van der Waals surface area (Å²) in [4.78, 5) is 16.9. The highest BCUT2D eigenvalue weighted by Gasteiger charge is 2.39. The van der Waals surface area contributed by atoms with Crippen LogP contribution in [0.15, 0.2) is 29.4 Å². The van der Waals surface area contributed by atoms with Crippen LogP contribution >= 0.6 is 24.0 Å². The number of likely N-dealkylation sites (tertiary alicyclic amines) is 3. The highest BCUT2D eigenvalue weighted by molar-refractivity contribution is 14.0. The summed E-state index contributed by atoms with van der Waals surface area (Å²) in [5.74, 6) is 0.975. The monoisotopic (exact) mass is 569 g/mol. The molecule has 8 heteroatoms. The number of piperidine rings is 3. The molecule has 33 heavy (non-hydrogen) atoms. The Morgan fingerprint density at radius 1 is 1.06 bits per heavy atom. The average molecular weight is 570 g/mol. The van der Waals surface area contributed by atoms with Crippen LogP contribution in [0.2, 0.25) is 0 Å². The second-order valence-corrected chi connectivity index (χ2v) is 10.0. The number of nitrogens with zero attached hydrogens (tertiary/aromatic N) is 5. The van der Waals surface area contributed by atoms with Crippen molar-refractivity contribution < 1.29 is 0 Å². The molecule has 0 bridgehead atoms. The number of aliphatic imine (C=N–C) groups is 1. The Morgan fingerprint density at radius 2 is 1.79 bits per heavy atom. The van der Waals surface area contributed by atoms with Gasteiger partial charge in [0.05, 0.1) is 5.69 Å². The van der Waals surface area contributed by atoms with E-state index < -0.39 is 0 Å². The summed E-state index contributed by atoms with van der Waals surface area (Å²) in [6.07, 6.45) is 10.8. The lowest BCUT2D eigenvalue weighted by molar-refractivity contribution is 0.0172. The van der Waals surface area contributed by atoms with Crippen LogP contribution in [-0.2, 0) is 6.54 Å². The molecule has 1 aromatic heterocycles. The Kier molecular flexibility index (Phi) is 10.7. The number of hydrogen-bond acceptors (Lipinski definition) is 5. The van der Waals surface area contributed by atoms with Crippen LogP contribution in [0.1, 0.15) is 50.6 Å². The van der Waals surface area contributed by atoms with Crippen LogP contribution in [0.5, 0.6) is 0 Å². The first-order chi connectivity index (χ1) is 15.7. The maximum atomic E-state index is 4.59. The predicted octanol–water partition coefficient (Wildman–Crippen LogP) is 2.78. The summed E-state index contributed by atoms with van der Waals surface area (Å²) in [6.45, 7) is 9.06. The Balaban J connectivity index is 0.00000306. The minimum Gasteiger partial charge on any atom is -0.355 e. The van der Waals surface area contributed by atoms with E-state index in [1.807, 2.05) is 19.3 Å². The molecule has 4 rings (SSSR count). The highest BCUT2D eigenvalue weighted by atomic mass is 127. The minimum atomic E-state index is 0. The largest absolute Gasteiger partial charge is 0.355 e. The fourth-order valence-electron chi connectivity index (χ4n) is 5.60. The van der Waals surface area contributed by atoms with Gasteiger partial charge in [0, 0.05) is 51.0 Å². The SMILES string of the molecule is CN=C(NCC1(N2CCCCC2)CCN(C)CC1)NC1CCN(Cc2ccccn2)CC1.I. The van der Waals surface area contributed by atoms with E-state index in [0.29, 0.717) is 6.04 Å². The quantitative estimate of drug-likeness (QED) is 0.312. The van der Waals surface area contributed by atoms with E-state index in [4.69, 9.17) is 0 Å². The van der Waals surface area contributed by atoms with Gasteiger partial charge >= 0.3 is 0 Å². The molecule has 0 spiro atoms. The first-order valence-corrected chi connectivity index (χ1v) is 12.7. The molecule has 0 aliphatic carbocycles. The summed E-state index contributed by atoms with van der Waals surface area (Å²) in [5.41, 5.74) is 1.44. The van der Waals surface area contributed by atoms with Crippen LogP contribution in [0.4, 0.5) is 0 Å². The van der Waals surface area contributed by atoms with Gasteiger partial charge in [-0.3, -0.25) is 19.8 Å². The molecular weight excluding hydrogens is 525 g/mol. The topological polar surface area (TPSA) is 59.0 Å². The van der Waals surface area contributed by atoms with Gasteiger partial charge in [-0.15, -0.1) is 24.0 Å². The van der Waals surface area contributed by atoms with Crippen LogP contribution in [-0.4, -0.2) is 97.1 Å². The van der Waals surface area contributed by atoms with Crippen LogP contribution in [0, 0.1) is 0 Å². The standard InChI is InChI=1S/C25H43N7.HI/c1-26-24(29-22-9-16-31(17-10-22)20-23-8-4-5-13-27-23)28-21-25(11-18-30(2)19-12-25)32-14-6-3-7-15-32;/h4-5,8,13,22H,3,6-7,9-12,14-21H2,1-2H3,(H2,26,28,29);1H. The van der Waals surface area contributed by atoms with E-state index in [1.54, 1.807) is 0 Å². The Hall–Kier alpha value is -0.970. The fourth-order valence-corrected chi connectivity index (χ4v) is 5.60. The zero-order valence-electron chi connectivity index (χ0n) is 20.6. The minimum absolute atomic E-state index is 0. The van der Waals surface area contributed by atoms with Crippen molar-refractivity contribution in [1.82, 2.24) is 30.3 Å². The lowest BCUT2D eigenvalue weighted by Crippen LogP contribution is -2.62. The van der Waals surface area contributed by atoms with Crippen molar-refractivity contribution in [3.63, 3.8) is 0 Å². The summed E-state index contributed by atoms with van der Waals surface area (Å²) in [5, 5.41) is 7.47. The maximum Gasteiger partial charge on any atom is 0.191 e. The summed E-state index contributed by atoms with van der Waals surface area (Å²) in [7, 11) is 4.17. The Labute approximate surface area is 217 Å². The van der Waals surface area contributed by atoms with Gasteiger partial charge in [-0.05, 0) is 83.9 Å². The van der Waals surface area contributed by atoms with Crippen LogP contribution in [0.3, 0.4) is 0 Å². The molecule has 7 nitrogen and oxygen atoms in total. The smallest absolute Gasteiger partial charge is 0.191 e. The summed E-state index contributed by atoms with van der Waals surface area (Å²) < 4.78 is 0. The lowest BCUT2D eigenvalue weighted by Gasteiger charge is -2.50. The van der Waals surface area contributed by atoms with Crippen molar-refractivity contribution >= 4 is 29.9 Å². The van der Waals surface area contributed by atoms with E-state index in [1.165, 1.54) is 58.3 Å². The number of hydrogen-bond donors (Lipinski definition) is 2. The molecular formula is C25H44IN7. The second kappa shape index (κ2) is 13.2. The number of nitrogens with one attached hydrogen (secondary N) is 2. The molecule has 0 saturated carbocycles. The summed E-state index contributed by atoms with van der Waals surface area (Å²) in [6, 6.07) is 6.67. The van der Waals surface area contributed by atoms with E-state index >= 15 is 0 Å². The van der Waals surface area contributed by atoms with Crippen molar-refractivity contribution in [3.05, 3.63) is 30.1 Å². The first-order valence-electron chi connectivity index (χ1n) is 12.7. The van der Waals surface area contributed by atoms with Crippen LogP contribution in [0.25, 0.3) is 0 Å². The third-order valence-corrected chi connectivity index (χ3v) is 7.79. The number of halogens is 1. The molecule has 3 aliphatic rings. The zero-order valence-corrected chi connectivity index (χ0v) is 23.0. The molecule has 1 aromatic rings. The van der Waals surface area contributed by atoms with E-state index in [-0.39, 0.29) is 29.5 Å². The molecule has 0 amide bonds. The molecule has 4 heterocycles. The predicted molar refractivity (Wildman–Crippen MR) is 147 cm³/mol. The van der Waals surface area contributed by atoms with Crippen molar-refractivity contribution in [1.29, 1.82) is 0 Å². The molecule has 0 atom stereocenters. The molecule has 3 fully saturated rings. The molecule has 0 radical (unpaired) electrons. The Morgan fingerprint density at radius 3 is 2.42 bits per heavy atom. The van der Waals surface area contributed by atoms with E-state index in [0.717, 1.165) is 50.7 Å². The van der Waals surface area contributed by atoms with Gasteiger partial charge in [-0.1, -0.05) is 12.5 Å². The van der Waals surface area contributed by atoms with Crippen molar-refractivity contribution in [3.8, 4) is 0 Å². The molecule has 0 aromatic carbocycles. The van der Waals surface area contributed by atoms with Crippen molar-refractivity contribution in [2.24, 2.45) is 4.99 Å². The van der Waals surface area contributed by atoms with E-state index in [9.17, 15) is 0 Å². The molecule has 3 aliphatic heterocycles. The second-order valence-electron chi connectivity index (χ2n) is 10.0. The van der Waals surface area contributed by atoms with Gasteiger partial charge in [0.15, 0.2) is 5.96 Å². The number of rotatable bonds is 6. The number of pyridine rings is 1. The normalized spacial score (nSPS) is 23.6. The molecule has 2 N–H and O–H groups in total. The van der Waals surface area contributed by atoms with Crippen molar-refractivity contribution in [2.75, 3.05) is 59.9 Å². The number of guanidine groups is 1. The maximum absolute atomic E-state index is 4.59. The molecule has 3 saturated heterocycles. The zero-order chi connectivity index (χ0) is 22.2. The molecule has 186 valence electrons. The number of aromatic nitrogens is 1. The molecule has 0 unspecified atom stereocenters. The lowest BCUT2D eigenvalue weighted by atomic mass is 9.84. The van der Waals surface area contributed by atoms with E-state index in [2.05, 4.69) is 54.5 Å². The fraction of sp³-hybridized carbons (Fsp3) is 0.760. The third kappa shape index (κ3) is 7.50. The van der Waals surface area contributed by atoms with Crippen molar-refractivity contribution in [2.45, 2.75) is 63.1 Å². The third-order valence-electron chi connectivity index (χ3n) is 7.79. The van der Waals surface area contributed by atoms with Gasteiger partial charge in [-0.2, -0.15) is 0 Å². The van der Waals surface area contributed by atoms with Gasteiger partial charge < -0.3 is 15.5 Å².